The normalized spacial score (nSPS) is 10.8. The Morgan fingerprint density at radius 1 is 0.846 bits per heavy atom. The molecule has 0 aliphatic heterocycles. The molecular weight excluding hydrogens is 334 g/mol. The first-order valence-corrected chi connectivity index (χ1v) is 8.17. The monoisotopic (exact) mass is 353 g/mol. The van der Waals surface area contributed by atoms with E-state index < -0.39 is 5.97 Å². The van der Waals surface area contributed by atoms with Gasteiger partial charge in [0.2, 0.25) is 0 Å². The summed E-state index contributed by atoms with van der Waals surface area (Å²) in [5.74, 6) is -0.743. The molecule has 0 unspecified atom stereocenters. The molecule has 6 heteroatoms. The molecule has 1 N–H and O–H groups in total. The number of aromatic nitrogens is 1. The summed E-state index contributed by atoms with van der Waals surface area (Å²) in [6.45, 7) is 1.64. The van der Waals surface area contributed by atoms with Crippen LogP contribution in [-0.2, 0) is 35.9 Å². The van der Waals surface area contributed by atoms with E-state index in [-0.39, 0.29) is 12.3 Å². The fourth-order valence-electron chi connectivity index (χ4n) is 2.42. The molecule has 3 rings (SSSR count). The number of benzene rings is 2. The summed E-state index contributed by atoms with van der Waals surface area (Å²) in [6.07, 6.45) is 0. The molecule has 0 saturated heterocycles. The lowest BCUT2D eigenvalue weighted by Gasteiger charge is -2.07. The van der Waals surface area contributed by atoms with Crippen LogP contribution in [0.15, 0.2) is 65.2 Å². The van der Waals surface area contributed by atoms with Gasteiger partial charge in [0, 0.05) is 6.07 Å². The highest BCUT2D eigenvalue weighted by molar-refractivity contribution is 5.85. The minimum atomic E-state index is -1.12. The Bertz CT molecular complexity index is 844. The number of hydrogen-bond acceptors (Lipinski definition) is 5. The van der Waals surface area contributed by atoms with E-state index in [1.54, 1.807) is 0 Å². The minimum Gasteiger partial charge on any atom is -0.476 e. The fourth-order valence-corrected chi connectivity index (χ4v) is 2.42. The van der Waals surface area contributed by atoms with Crippen molar-refractivity contribution < 1.29 is 23.9 Å². The van der Waals surface area contributed by atoms with Crippen LogP contribution in [0.1, 0.15) is 32.9 Å². The Kier molecular flexibility index (Phi) is 6.14. The van der Waals surface area contributed by atoms with Crippen LogP contribution in [0.5, 0.6) is 0 Å². The van der Waals surface area contributed by atoms with Crippen molar-refractivity contribution in [2.75, 3.05) is 0 Å². The second-order valence-corrected chi connectivity index (χ2v) is 5.77. The van der Waals surface area contributed by atoms with Crippen molar-refractivity contribution in [3.05, 3.63) is 88.8 Å². The zero-order valence-corrected chi connectivity index (χ0v) is 14.1. The van der Waals surface area contributed by atoms with Crippen molar-refractivity contribution >= 4 is 5.97 Å². The van der Waals surface area contributed by atoms with Crippen molar-refractivity contribution in [2.24, 2.45) is 0 Å². The van der Waals surface area contributed by atoms with Gasteiger partial charge in [0.15, 0.2) is 11.5 Å². The lowest BCUT2D eigenvalue weighted by Crippen LogP contribution is -1.97. The topological polar surface area (TPSA) is 81.8 Å². The molecule has 0 bridgehead atoms. The van der Waals surface area contributed by atoms with Gasteiger partial charge in [-0.2, -0.15) is 0 Å². The van der Waals surface area contributed by atoms with Gasteiger partial charge in [0.1, 0.15) is 6.61 Å². The van der Waals surface area contributed by atoms with Gasteiger partial charge in [0.25, 0.3) is 0 Å². The largest absolute Gasteiger partial charge is 0.476 e. The van der Waals surface area contributed by atoms with Crippen molar-refractivity contribution in [3.63, 3.8) is 0 Å². The second-order valence-electron chi connectivity index (χ2n) is 5.77. The Balaban J connectivity index is 1.45. The standard InChI is InChI=1S/C20H19NO5/c22-20(23)19-10-18(26-21-19)14-25-13-17-8-4-7-16(9-17)12-24-11-15-5-2-1-3-6-15/h1-10H,11-14H2,(H,22,23). The summed E-state index contributed by atoms with van der Waals surface area (Å²) < 4.78 is 16.2. The highest BCUT2D eigenvalue weighted by Crippen LogP contribution is 2.12. The van der Waals surface area contributed by atoms with Crippen LogP contribution in [0, 0.1) is 0 Å². The molecule has 1 heterocycles. The summed E-state index contributed by atoms with van der Waals surface area (Å²) in [6, 6.07) is 19.3. The SMILES string of the molecule is O=C(O)c1cc(COCc2cccc(COCc3ccccc3)c2)on1. The molecule has 0 aliphatic carbocycles. The molecule has 26 heavy (non-hydrogen) atoms. The molecule has 0 fully saturated rings. The van der Waals surface area contributed by atoms with E-state index in [2.05, 4.69) is 5.16 Å². The molecule has 0 spiro atoms. The van der Waals surface area contributed by atoms with Crippen LogP contribution in [0.4, 0.5) is 0 Å². The summed E-state index contributed by atoms with van der Waals surface area (Å²) in [5.41, 5.74) is 3.08. The minimum absolute atomic E-state index is 0.124. The van der Waals surface area contributed by atoms with Crippen molar-refractivity contribution in [2.45, 2.75) is 26.4 Å². The maximum Gasteiger partial charge on any atom is 0.358 e. The van der Waals surface area contributed by atoms with Crippen LogP contribution in [0.2, 0.25) is 0 Å². The van der Waals surface area contributed by atoms with Crippen molar-refractivity contribution in [1.29, 1.82) is 0 Å². The second kappa shape index (κ2) is 8.94. The smallest absolute Gasteiger partial charge is 0.358 e. The first kappa shape index (κ1) is 17.8. The zero-order chi connectivity index (χ0) is 18.2. The van der Waals surface area contributed by atoms with Gasteiger partial charge >= 0.3 is 5.97 Å². The van der Waals surface area contributed by atoms with E-state index in [1.807, 2.05) is 54.6 Å². The van der Waals surface area contributed by atoms with E-state index >= 15 is 0 Å². The van der Waals surface area contributed by atoms with Crippen LogP contribution in [0.3, 0.4) is 0 Å². The molecule has 6 nitrogen and oxygen atoms in total. The number of carbonyl (C=O) groups is 1. The summed E-state index contributed by atoms with van der Waals surface area (Å²) in [4.78, 5) is 10.7. The molecule has 0 radical (unpaired) electrons. The van der Waals surface area contributed by atoms with E-state index in [0.717, 1.165) is 16.7 Å². The molecule has 0 atom stereocenters. The Labute approximate surface area is 151 Å². The van der Waals surface area contributed by atoms with Crippen LogP contribution in [-0.4, -0.2) is 16.2 Å². The van der Waals surface area contributed by atoms with E-state index in [1.165, 1.54) is 6.07 Å². The maximum atomic E-state index is 10.7. The molecule has 0 amide bonds. The van der Waals surface area contributed by atoms with Gasteiger partial charge in [-0.3, -0.25) is 0 Å². The molecule has 0 aliphatic rings. The van der Waals surface area contributed by atoms with Crippen LogP contribution >= 0.6 is 0 Å². The van der Waals surface area contributed by atoms with Gasteiger partial charge in [-0.05, 0) is 16.7 Å². The first-order valence-electron chi connectivity index (χ1n) is 8.17. The fraction of sp³-hybridized carbons (Fsp3) is 0.200. The van der Waals surface area contributed by atoms with Crippen molar-refractivity contribution in [1.82, 2.24) is 5.16 Å². The lowest BCUT2D eigenvalue weighted by atomic mass is 10.1. The summed E-state index contributed by atoms with van der Waals surface area (Å²) in [5, 5.41) is 12.2. The van der Waals surface area contributed by atoms with Gasteiger partial charge in [-0.25, -0.2) is 4.79 Å². The number of ether oxygens (including phenoxy) is 2. The Morgan fingerprint density at radius 3 is 2.12 bits per heavy atom. The Morgan fingerprint density at radius 2 is 1.46 bits per heavy atom. The molecule has 0 saturated carbocycles. The number of hydrogen-bond donors (Lipinski definition) is 1. The van der Waals surface area contributed by atoms with Gasteiger partial charge in [-0.15, -0.1) is 0 Å². The van der Waals surface area contributed by atoms with Crippen molar-refractivity contribution in [3.8, 4) is 0 Å². The average Bonchev–Trinajstić information content (AvgIpc) is 3.12. The number of rotatable bonds is 9. The zero-order valence-electron chi connectivity index (χ0n) is 14.1. The Hall–Kier alpha value is -2.96. The first-order chi connectivity index (χ1) is 12.7. The number of aromatic carboxylic acids is 1. The maximum absolute atomic E-state index is 10.7. The molecule has 2 aromatic carbocycles. The predicted molar refractivity (Wildman–Crippen MR) is 93.3 cm³/mol. The van der Waals surface area contributed by atoms with E-state index in [9.17, 15) is 4.79 Å². The highest BCUT2D eigenvalue weighted by atomic mass is 16.5. The third kappa shape index (κ3) is 5.27. The summed E-state index contributed by atoms with van der Waals surface area (Å²) >= 11 is 0. The lowest BCUT2D eigenvalue weighted by molar-refractivity contribution is 0.0683. The average molecular weight is 353 g/mol. The van der Waals surface area contributed by atoms with Crippen LogP contribution < -0.4 is 0 Å². The number of nitrogens with zero attached hydrogens (tertiary/aromatic N) is 1. The highest BCUT2D eigenvalue weighted by Gasteiger charge is 2.10. The van der Waals surface area contributed by atoms with Crippen LogP contribution in [0.25, 0.3) is 0 Å². The molecular formula is C20H19NO5. The third-order valence-corrected chi connectivity index (χ3v) is 3.66. The molecule has 1 aromatic heterocycles. The summed E-state index contributed by atoms with van der Waals surface area (Å²) in [7, 11) is 0. The van der Waals surface area contributed by atoms with Gasteiger partial charge in [-0.1, -0.05) is 59.8 Å². The van der Waals surface area contributed by atoms with E-state index in [4.69, 9.17) is 19.1 Å². The molecule has 134 valence electrons. The van der Waals surface area contributed by atoms with Gasteiger partial charge < -0.3 is 19.1 Å². The number of carboxylic acids is 1. The predicted octanol–water partition coefficient (Wildman–Crippen LogP) is 3.81. The number of carboxylic acid groups (broad SMARTS) is 1. The van der Waals surface area contributed by atoms with E-state index in [0.29, 0.717) is 25.6 Å². The molecule has 3 aromatic rings. The third-order valence-electron chi connectivity index (χ3n) is 3.66. The van der Waals surface area contributed by atoms with Gasteiger partial charge in [0.05, 0.1) is 19.8 Å². The quantitative estimate of drug-likeness (QED) is 0.630.